The van der Waals surface area contributed by atoms with Crippen LogP contribution in [0.2, 0.25) is 0 Å². The molecular formula is C21H25NO4S. The molecular weight excluding hydrogens is 362 g/mol. The Kier molecular flexibility index (Phi) is 5.85. The average Bonchev–Trinajstić information content (AvgIpc) is 3.16. The van der Waals surface area contributed by atoms with Gasteiger partial charge in [0.05, 0.1) is 21.9 Å². The first-order chi connectivity index (χ1) is 12.9. The van der Waals surface area contributed by atoms with Crippen LogP contribution in [0.15, 0.2) is 53.4 Å². The summed E-state index contributed by atoms with van der Waals surface area (Å²) in [6.45, 7) is 3.27. The highest BCUT2D eigenvalue weighted by Gasteiger charge is 2.20. The number of amides is 1. The Morgan fingerprint density at radius 1 is 1.04 bits per heavy atom. The van der Waals surface area contributed by atoms with Crippen molar-refractivity contribution >= 4 is 21.4 Å². The first kappa shape index (κ1) is 19.4. The van der Waals surface area contributed by atoms with E-state index in [4.69, 9.17) is 4.74 Å². The van der Waals surface area contributed by atoms with Crippen molar-refractivity contribution in [3.63, 3.8) is 0 Å². The molecule has 0 atom stereocenters. The van der Waals surface area contributed by atoms with Crippen LogP contribution in [-0.2, 0) is 9.84 Å². The second kappa shape index (κ2) is 8.13. The zero-order valence-corrected chi connectivity index (χ0v) is 16.5. The Hall–Kier alpha value is -2.34. The molecule has 0 radical (unpaired) electrons. The lowest BCUT2D eigenvalue weighted by molar-refractivity contribution is 0.102. The first-order valence-electron chi connectivity index (χ1n) is 9.29. The summed E-state index contributed by atoms with van der Waals surface area (Å²) in [6.07, 6.45) is 4.61. The van der Waals surface area contributed by atoms with Crippen molar-refractivity contribution in [1.82, 2.24) is 0 Å². The lowest BCUT2D eigenvalue weighted by Crippen LogP contribution is -2.17. The normalized spacial score (nSPS) is 15.1. The standard InChI is InChI=1S/C21H25NO4S/c1-15(2)27(24,25)18-13-11-16(12-14-18)21(23)22-19-9-5-6-10-20(19)26-17-7-3-4-8-17/h5-6,9-15,17H,3-4,7-8H2,1-2H3,(H,22,23). The fraction of sp³-hybridized carbons (Fsp3) is 0.381. The SMILES string of the molecule is CC(C)S(=O)(=O)c1ccc(C(=O)Nc2ccccc2OC2CCCC2)cc1. The molecule has 1 fully saturated rings. The number of benzene rings is 2. The van der Waals surface area contributed by atoms with Gasteiger partial charge < -0.3 is 10.1 Å². The van der Waals surface area contributed by atoms with E-state index in [1.54, 1.807) is 19.9 Å². The topological polar surface area (TPSA) is 72.5 Å². The molecule has 3 rings (SSSR count). The quantitative estimate of drug-likeness (QED) is 0.795. The molecule has 0 heterocycles. The van der Waals surface area contributed by atoms with Gasteiger partial charge in [-0.05, 0) is 75.9 Å². The Labute approximate surface area is 160 Å². The summed E-state index contributed by atoms with van der Waals surface area (Å²) < 4.78 is 30.4. The van der Waals surface area contributed by atoms with E-state index in [1.807, 2.05) is 18.2 Å². The highest BCUT2D eigenvalue weighted by molar-refractivity contribution is 7.92. The van der Waals surface area contributed by atoms with Gasteiger partial charge >= 0.3 is 0 Å². The largest absolute Gasteiger partial charge is 0.488 e. The highest BCUT2D eigenvalue weighted by Crippen LogP contribution is 2.30. The zero-order valence-electron chi connectivity index (χ0n) is 15.6. The van der Waals surface area contributed by atoms with Gasteiger partial charge in [-0.2, -0.15) is 0 Å². The highest BCUT2D eigenvalue weighted by atomic mass is 32.2. The first-order valence-corrected chi connectivity index (χ1v) is 10.8. The summed E-state index contributed by atoms with van der Waals surface area (Å²) in [4.78, 5) is 12.8. The molecule has 27 heavy (non-hydrogen) atoms. The minimum absolute atomic E-state index is 0.198. The molecule has 1 aliphatic rings. The summed E-state index contributed by atoms with van der Waals surface area (Å²) >= 11 is 0. The summed E-state index contributed by atoms with van der Waals surface area (Å²) in [5, 5.41) is 2.37. The predicted molar refractivity (Wildman–Crippen MR) is 106 cm³/mol. The number of carbonyl (C=O) groups is 1. The van der Waals surface area contributed by atoms with Crippen LogP contribution >= 0.6 is 0 Å². The minimum atomic E-state index is -3.35. The van der Waals surface area contributed by atoms with Crippen LogP contribution in [0.4, 0.5) is 5.69 Å². The number of sulfone groups is 1. The maximum atomic E-state index is 12.6. The molecule has 1 saturated carbocycles. The van der Waals surface area contributed by atoms with Crippen molar-refractivity contribution in [3.8, 4) is 5.75 Å². The molecule has 1 amide bonds. The molecule has 0 bridgehead atoms. The average molecular weight is 388 g/mol. The van der Waals surface area contributed by atoms with Crippen LogP contribution in [0.3, 0.4) is 0 Å². The summed E-state index contributed by atoms with van der Waals surface area (Å²) in [6, 6.07) is 13.4. The molecule has 5 nitrogen and oxygen atoms in total. The number of para-hydroxylation sites is 2. The van der Waals surface area contributed by atoms with Crippen molar-refractivity contribution in [2.45, 2.75) is 55.8 Å². The van der Waals surface area contributed by atoms with Crippen LogP contribution in [0.1, 0.15) is 49.9 Å². The molecule has 0 aromatic heterocycles. The monoisotopic (exact) mass is 387 g/mol. The minimum Gasteiger partial charge on any atom is -0.488 e. The molecule has 0 unspecified atom stereocenters. The van der Waals surface area contributed by atoms with Gasteiger partial charge in [0.1, 0.15) is 5.75 Å². The fourth-order valence-corrected chi connectivity index (χ4v) is 4.18. The van der Waals surface area contributed by atoms with Gasteiger partial charge in [0.25, 0.3) is 5.91 Å². The van der Waals surface area contributed by atoms with Crippen LogP contribution in [0, 0.1) is 0 Å². The van der Waals surface area contributed by atoms with Crippen molar-refractivity contribution in [1.29, 1.82) is 0 Å². The number of ether oxygens (including phenoxy) is 1. The molecule has 0 spiro atoms. The third kappa shape index (κ3) is 4.50. The molecule has 1 aliphatic carbocycles. The van der Waals surface area contributed by atoms with E-state index in [0.29, 0.717) is 17.0 Å². The van der Waals surface area contributed by atoms with Crippen molar-refractivity contribution in [3.05, 3.63) is 54.1 Å². The summed E-state index contributed by atoms with van der Waals surface area (Å²) in [5.74, 6) is 0.364. The van der Waals surface area contributed by atoms with E-state index in [-0.39, 0.29) is 16.9 Å². The van der Waals surface area contributed by atoms with Gasteiger partial charge in [0.2, 0.25) is 0 Å². The molecule has 144 valence electrons. The van der Waals surface area contributed by atoms with Gasteiger partial charge in [-0.25, -0.2) is 8.42 Å². The lowest BCUT2D eigenvalue weighted by Gasteiger charge is -2.17. The van der Waals surface area contributed by atoms with Crippen molar-refractivity contribution in [2.24, 2.45) is 0 Å². The third-order valence-corrected chi connectivity index (χ3v) is 6.97. The second-order valence-corrected chi connectivity index (χ2v) is 9.60. The predicted octanol–water partition coefficient (Wildman–Crippen LogP) is 4.44. The van der Waals surface area contributed by atoms with E-state index in [0.717, 1.165) is 12.8 Å². The van der Waals surface area contributed by atoms with E-state index in [1.165, 1.54) is 37.1 Å². The van der Waals surface area contributed by atoms with Crippen LogP contribution in [0.5, 0.6) is 5.75 Å². The fourth-order valence-electron chi connectivity index (χ4n) is 3.12. The van der Waals surface area contributed by atoms with Crippen LogP contribution in [0.25, 0.3) is 0 Å². The Morgan fingerprint density at radius 2 is 1.67 bits per heavy atom. The number of hydrogen-bond donors (Lipinski definition) is 1. The smallest absolute Gasteiger partial charge is 0.255 e. The van der Waals surface area contributed by atoms with E-state index in [2.05, 4.69) is 5.32 Å². The van der Waals surface area contributed by atoms with Gasteiger partial charge in [0.15, 0.2) is 9.84 Å². The molecule has 2 aromatic carbocycles. The van der Waals surface area contributed by atoms with Gasteiger partial charge in [-0.1, -0.05) is 12.1 Å². The van der Waals surface area contributed by atoms with Crippen molar-refractivity contribution < 1.29 is 17.9 Å². The zero-order chi connectivity index (χ0) is 19.4. The van der Waals surface area contributed by atoms with Crippen molar-refractivity contribution in [2.75, 3.05) is 5.32 Å². The molecule has 0 saturated heterocycles. The maximum absolute atomic E-state index is 12.6. The van der Waals surface area contributed by atoms with Crippen LogP contribution < -0.4 is 10.1 Å². The maximum Gasteiger partial charge on any atom is 0.255 e. The second-order valence-electron chi connectivity index (χ2n) is 7.09. The molecule has 1 N–H and O–H groups in total. The number of rotatable bonds is 6. The Balaban J connectivity index is 1.74. The number of carbonyl (C=O) groups excluding carboxylic acids is 1. The number of anilines is 1. The van der Waals surface area contributed by atoms with Crippen LogP contribution in [-0.4, -0.2) is 25.7 Å². The van der Waals surface area contributed by atoms with Gasteiger partial charge in [0, 0.05) is 5.56 Å². The lowest BCUT2D eigenvalue weighted by atomic mass is 10.2. The van der Waals surface area contributed by atoms with E-state index < -0.39 is 15.1 Å². The summed E-state index contributed by atoms with van der Waals surface area (Å²) in [5.41, 5.74) is 1.02. The summed E-state index contributed by atoms with van der Waals surface area (Å²) in [7, 11) is -3.35. The van der Waals surface area contributed by atoms with Gasteiger partial charge in [-0.15, -0.1) is 0 Å². The molecule has 0 aliphatic heterocycles. The molecule has 6 heteroatoms. The Bertz CT molecular complexity index is 898. The Morgan fingerprint density at radius 3 is 2.30 bits per heavy atom. The number of hydrogen-bond acceptors (Lipinski definition) is 4. The van der Waals surface area contributed by atoms with Gasteiger partial charge in [-0.3, -0.25) is 4.79 Å². The molecule has 2 aromatic rings. The number of nitrogens with one attached hydrogen (secondary N) is 1. The van der Waals surface area contributed by atoms with E-state index in [9.17, 15) is 13.2 Å². The third-order valence-electron chi connectivity index (χ3n) is 4.80. The van der Waals surface area contributed by atoms with E-state index >= 15 is 0 Å².